The zero-order valence-electron chi connectivity index (χ0n) is 18.4. The molecule has 1 saturated carbocycles. The first-order chi connectivity index (χ1) is 14.9. The van der Waals surface area contributed by atoms with Crippen molar-refractivity contribution in [3.63, 3.8) is 0 Å². The summed E-state index contributed by atoms with van der Waals surface area (Å²) >= 11 is 0. The third-order valence-electron chi connectivity index (χ3n) is 6.47. The van der Waals surface area contributed by atoms with E-state index in [4.69, 9.17) is 4.74 Å². The number of benzene rings is 1. The van der Waals surface area contributed by atoms with E-state index in [2.05, 4.69) is 11.4 Å². The fraction of sp³-hybridized carbons (Fsp3) is 0.542. The van der Waals surface area contributed by atoms with Crippen molar-refractivity contribution in [1.29, 1.82) is 0 Å². The molecule has 1 aromatic carbocycles. The van der Waals surface area contributed by atoms with E-state index in [1.165, 1.54) is 0 Å². The number of nitrogens with zero attached hydrogens (tertiary/aromatic N) is 2. The van der Waals surface area contributed by atoms with Crippen LogP contribution in [0.3, 0.4) is 0 Å². The van der Waals surface area contributed by atoms with Crippen molar-refractivity contribution in [1.82, 2.24) is 15.1 Å². The molecule has 0 spiro atoms. The number of carbonyl (C=O) groups excluding carboxylic acids is 3. The molecule has 0 aromatic heterocycles. The number of methoxy groups -OCH3 is 1. The summed E-state index contributed by atoms with van der Waals surface area (Å²) in [6, 6.07) is 7.41. The Morgan fingerprint density at radius 1 is 1.23 bits per heavy atom. The predicted molar refractivity (Wildman–Crippen MR) is 116 cm³/mol. The molecule has 7 heteroatoms. The number of carbonyl (C=O) groups is 3. The van der Waals surface area contributed by atoms with Gasteiger partial charge >= 0.3 is 6.03 Å². The number of ether oxygens (including phenoxy) is 1. The molecule has 4 rings (SSSR count). The maximum absolute atomic E-state index is 13.1. The Labute approximate surface area is 183 Å². The van der Waals surface area contributed by atoms with Crippen LogP contribution in [0.2, 0.25) is 0 Å². The van der Waals surface area contributed by atoms with E-state index in [1.54, 1.807) is 14.0 Å². The fourth-order valence-electron chi connectivity index (χ4n) is 4.43. The van der Waals surface area contributed by atoms with Crippen LogP contribution >= 0.6 is 0 Å². The minimum absolute atomic E-state index is 0.154. The Morgan fingerprint density at radius 3 is 2.58 bits per heavy atom. The van der Waals surface area contributed by atoms with Crippen LogP contribution in [0.5, 0.6) is 5.75 Å². The highest BCUT2D eigenvalue weighted by atomic mass is 16.5. The number of allylic oxidation sites excluding steroid dienone is 2. The Morgan fingerprint density at radius 2 is 1.97 bits per heavy atom. The summed E-state index contributed by atoms with van der Waals surface area (Å²) in [5.74, 6) is 0.296. The monoisotopic (exact) mass is 425 g/mol. The predicted octanol–water partition coefficient (Wildman–Crippen LogP) is 3.39. The van der Waals surface area contributed by atoms with E-state index in [-0.39, 0.29) is 24.4 Å². The lowest BCUT2D eigenvalue weighted by Crippen LogP contribution is -2.46. The normalized spacial score (nSPS) is 23.4. The molecule has 1 N–H and O–H groups in total. The second kappa shape index (κ2) is 8.73. The van der Waals surface area contributed by atoms with Gasteiger partial charge in [-0.1, -0.05) is 18.2 Å². The van der Waals surface area contributed by atoms with Crippen LogP contribution in [-0.2, 0) is 16.0 Å². The van der Waals surface area contributed by atoms with Gasteiger partial charge in [0.1, 0.15) is 17.8 Å². The molecule has 4 amide bonds. The van der Waals surface area contributed by atoms with E-state index in [9.17, 15) is 14.4 Å². The molecule has 2 fully saturated rings. The molecule has 1 aliphatic heterocycles. The maximum atomic E-state index is 13.1. The van der Waals surface area contributed by atoms with Crippen molar-refractivity contribution >= 4 is 17.8 Å². The summed E-state index contributed by atoms with van der Waals surface area (Å²) in [5, 5.41) is 2.82. The third kappa shape index (κ3) is 4.60. The van der Waals surface area contributed by atoms with Crippen molar-refractivity contribution in [3.05, 3.63) is 41.6 Å². The molecule has 1 saturated heterocycles. The minimum Gasteiger partial charge on any atom is -0.497 e. The molecular formula is C24H31N3O4. The quantitative estimate of drug-likeness (QED) is 0.648. The van der Waals surface area contributed by atoms with Crippen LogP contribution in [0.1, 0.15) is 57.4 Å². The van der Waals surface area contributed by atoms with Gasteiger partial charge in [0.05, 0.1) is 7.11 Å². The van der Waals surface area contributed by atoms with Crippen LogP contribution < -0.4 is 10.1 Å². The molecule has 1 atom stereocenters. The summed E-state index contributed by atoms with van der Waals surface area (Å²) in [6.45, 7) is 1.54. The van der Waals surface area contributed by atoms with Crippen molar-refractivity contribution in [2.75, 3.05) is 13.7 Å². The van der Waals surface area contributed by atoms with Gasteiger partial charge in [0.2, 0.25) is 5.91 Å². The largest absolute Gasteiger partial charge is 0.497 e. The van der Waals surface area contributed by atoms with E-state index in [0.29, 0.717) is 12.8 Å². The third-order valence-corrected chi connectivity index (χ3v) is 6.47. The second-order valence-electron chi connectivity index (χ2n) is 8.94. The number of nitrogens with one attached hydrogen (secondary N) is 1. The average molecular weight is 426 g/mol. The van der Waals surface area contributed by atoms with E-state index < -0.39 is 11.6 Å². The molecule has 2 aliphatic carbocycles. The Balaban J connectivity index is 1.40. The van der Waals surface area contributed by atoms with Gasteiger partial charge in [-0.15, -0.1) is 0 Å². The van der Waals surface area contributed by atoms with E-state index >= 15 is 0 Å². The van der Waals surface area contributed by atoms with Crippen molar-refractivity contribution in [2.45, 2.75) is 69.9 Å². The first-order valence-electron chi connectivity index (χ1n) is 11.2. The molecule has 166 valence electrons. The van der Waals surface area contributed by atoms with Gasteiger partial charge in [0.25, 0.3) is 5.91 Å². The highest BCUT2D eigenvalue weighted by molar-refractivity contribution is 6.08. The van der Waals surface area contributed by atoms with Gasteiger partial charge in [0.15, 0.2) is 0 Å². The summed E-state index contributed by atoms with van der Waals surface area (Å²) in [4.78, 5) is 41.8. The topological polar surface area (TPSA) is 79.0 Å². The molecule has 0 radical (unpaired) electrons. The number of aryl methyl sites for hydroxylation is 1. The summed E-state index contributed by atoms with van der Waals surface area (Å²) in [5.41, 5.74) is 1.11. The lowest BCUT2D eigenvalue weighted by Gasteiger charge is -2.29. The van der Waals surface area contributed by atoms with Gasteiger partial charge in [0, 0.05) is 11.7 Å². The van der Waals surface area contributed by atoms with Gasteiger partial charge in [-0.05, 0) is 76.0 Å². The van der Waals surface area contributed by atoms with Crippen molar-refractivity contribution in [2.24, 2.45) is 0 Å². The zero-order chi connectivity index (χ0) is 22.0. The number of hydrogen-bond acceptors (Lipinski definition) is 4. The van der Waals surface area contributed by atoms with Crippen LogP contribution in [0.15, 0.2) is 36.0 Å². The minimum atomic E-state index is -1.01. The van der Waals surface area contributed by atoms with Gasteiger partial charge < -0.3 is 15.0 Å². The van der Waals surface area contributed by atoms with Crippen LogP contribution in [0, 0.1) is 0 Å². The molecule has 7 nitrogen and oxygen atoms in total. The Kier molecular flexibility index (Phi) is 6.03. The zero-order valence-corrected chi connectivity index (χ0v) is 18.4. The second-order valence-corrected chi connectivity index (χ2v) is 8.94. The van der Waals surface area contributed by atoms with E-state index in [0.717, 1.165) is 60.4 Å². The first-order valence-corrected chi connectivity index (χ1v) is 11.2. The Hall–Kier alpha value is -2.83. The van der Waals surface area contributed by atoms with Crippen LogP contribution in [-0.4, -0.2) is 52.9 Å². The number of hydrogen-bond donors (Lipinski definition) is 1. The fourth-order valence-corrected chi connectivity index (χ4v) is 4.43. The average Bonchev–Trinajstić information content (AvgIpc) is 3.58. The molecular weight excluding hydrogens is 394 g/mol. The molecule has 1 heterocycles. The number of urea groups is 1. The highest BCUT2D eigenvalue weighted by Crippen LogP contribution is 2.34. The van der Waals surface area contributed by atoms with Crippen LogP contribution in [0.4, 0.5) is 4.79 Å². The van der Waals surface area contributed by atoms with Crippen molar-refractivity contribution < 1.29 is 19.1 Å². The molecule has 31 heavy (non-hydrogen) atoms. The van der Waals surface area contributed by atoms with E-state index in [1.807, 2.05) is 29.2 Å². The molecule has 3 aliphatic rings. The van der Waals surface area contributed by atoms with Gasteiger partial charge in [-0.25, -0.2) is 4.79 Å². The smallest absolute Gasteiger partial charge is 0.325 e. The molecule has 0 bridgehead atoms. The number of rotatable bonds is 8. The number of amides is 4. The summed E-state index contributed by atoms with van der Waals surface area (Å²) in [6.07, 6.45) is 9.32. The summed E-state index contributed by atoms with van der Waals surface area (Å²) in [7, 11) is 1.62. The van der Waals surface area contributed by atoms with Crippen LogP contribution in [0.25, 0.3) is 0 Å². The lowest BCUT2D eigenvalue weighted by molar-refractivity contribution is -0.138. The molecule has 1 aromatic rings. The highest BCUT2D eigenvalue weighted by Gasteiger charge is 2.49. The van der Waals surface area contributed by atoms with Gasteiger partial charge in [-0.3, -0.25) is 14.5 Å². The van der Waals surface area contributed by atoms with Gasteiger partial charge in [-0.2, -0.15) is 0 Å². The Bertz CT molecular complexity index is 891. The first kappa shape index (κ1) is 21.4. The standard InChI is InChI=1S/C24H31N3O4/c1-24(15-14-17-8-12-20(31-2)13-9-17)22(29)26(23(30)25-24)16-21(28)27(19-10-11-19)18-6-4-3-5-7-18/h6,8-9,12-13,19H,3-5,7,10-11,14-16H2,1-2H3,(H,25,30)/t24-/m1/s1. The van der Waals surface area contributed by atoms with Crippen molar-refractivity contribution in [3.8, 4) is 5.75 Å². The lowest BCUT2D eigenvalue weighted by atomic mass is 9.93. The maximum Gasteiger partial charge on any atom is 0.325 e. The SMILES string of the molecule is COc1ccc(CC[C@@]2(C)NC(=O)N(CC(=O)N(C3=CCCCC3)C3CC3)C2=O)cc1. The number of imide groups is 1. The molecule has 0 unspecified atom stereocenters. The summed E-state index contributed by atoms with van der Waals surface area (Å²) < 4.78 is 5.18.